The van der Waals surface area contributed by atoms with Crippen molar-refractivity contribution in [1.29, 1.82) is 0 Å². The van der Waals surface area contributed by atoms with Crippen LogP contribution in [0, 0.1) is 0 Å². The minimum atomic E-state index is -0.811. The summed E-state index contributed by atoms with van der Waals surface area (Å²) in [7, 11) is 0. The Morgan fingerprint density at radius 2 is 0.963 bits per heavy atom. The van der Waals surface area contributed by atoms with E-state index in [0.29, 0.717) is 53.9 Å². The molecule has 0 aliphatic carbocycles. The van der Waals surface area contributed by atoms with Gasteiger partial charge in [0.1, 0.15) is 34.5 Å². The van der Waals surface area contributed by atoms with Crippen LogP contribution in [0.25, 0.3) is 0 Å². The van der Waals surface area contributed by atoms with Gasteiger partial charge >= 0.3 is 0 Å². The van der Waals surface area contributed by atoms with Gasteiger partial charge < -0.3 is 34.4 Å². The average Bonchev–Trinajstić information content (AvgIpc) is 3.17. The number of phenolic OH excluding ortho intramolecular Hbond substituents is 3. The number of nitrogens with zero attached hydrogens (tertiary/aromatic N) is 3. The number of hydrogen-bond acceptors (Lipinski definition) is 9. The molecule has 9 heteroatoms. The SMILES string of the molecule is CCCCCCCCOc1ccc(C2=NC(c3ccc(OCCCCCCCC)cc3O)N(c3ccc(OCCCCCCCC)cc3O)C=N2)c(O)c1. The highest BCUT2D eigenvalue weighted by Gasteiger charge is 2.29. The zero-order valence-corrected chi connectivity index (χ0v) is 33.1. The van der Waals surface area contributed by atoms with Crippen LogP contribution in [0.5, 0.6) is 34.5 Å². The molecule has 1 unspecified atom stereocenters. The van der Waals surface area contributed by atoms with E-state index in [0.717, 1.165) is 38.5 Å². The van der Waals surface area contributed by atoms with Crippen LogP contribution in [-0.4, -0.2) is 47.3 Å². The lowest BCUT2D eigenvalue weighted by atomic mass is 10.1. The van der Waals surface area contributed by atoms with E-state index in [1.807, 2.05) is 18.2 Å². The van der Waals surface area contributed by atoms with Crippen LogP contribution in [0.1, 0.15) is 154 Å². The third kappa shape index (κ3) is 13.8. The highest BCUT2D eigenvalue weighted by molar-refractivity contribution is 6.08. The number of aliphatic imine (C=N–C) groups is 2. The number of benzene rings is 3. The molecular formula is C45H65N3O6. The fourth-order valence-electron chi connectivity index (χ4n) is 6.59. The maximum atomic E-state index is 11.4. The van der Waals surface area contributed by atoms with E-state index in [-0.39, 0.29) is 23.1 Å². The van der Waals surface area contributed by atoms with E-state index in [4.69, 9.17) is 19.2 Å². The minimum Gasteiger partial charge on any atom is -0.507 e. The van der Waals surface area contributed by atoms with Crippen molar-refractivity contribution in [2.75, 3.05) is 24.7 Å². The number of hydrogen-bond donors (Lipinski definition) is 3. The number of phenols is 3. The fourth-order valence-corrected chi connectivity index (χ4v) is 6.59. The second kappa shape index (κ2) is 24.1. The second-order valence-electron chi connectivity index (χ2n) is 14.4. The van der Waals surface area contributed by atoms with E-state index in [1.165, 1.54) is 77.0 Å². The van der Waals surface area contributed by atoms with Crippen LogP contribution in [0.2, 0.25) is 0 Å². The molecule has 0 saturated heterocycles. The number of rotatable bonds is 27. The molecule has 3 aromatic carbocycles. The second-order valence-corrected chi connectivity index (χ2v) is 14.4. The summed E-state index contributed by atoms with van der Waals surface area (Å²) in [6.07, 6.45) is 21.8. The Morgan fingerprint density at radius 1 is 0.519 bits per heavy atom. The van der Waals surface area contributed by atoms with Gasteiger partial charge in [0.25, 0.3) is 0 Å². The monoisotopic (exact) mass is 743 g/mol. The van der Waals surface area contributed by atoms with Crippen LogP contribution < -0.4 is 19.1 Å². The summed E-state index contributed by atoms with van der Waals surface area (Å²) in [6.45, 7) is 8.39. The molecule has 0 aromatic heterocycles. The largest absolute Gasteiger partial charge is 0.507 e. The van der Waals surface area contributed by atoms with Crippen LogP contribution in [0.3, 0.4) is 0 Å². The third-order valence-corrected chi connectivity index (χ3v) is 9.83. The van der Waals surface area contributed by atoms with E-state index in [2.05, 4.69) is 25.8 Å². The van der Waals surface area contributed by atoms with Gasteiger partial charge in [0, 0.05) is 23.8 Å². The summed E-state index contributed by atoms with van der Waals surface area (Å²) < 4.78 is 17.9. The first-order chi connectivity index (χ1) is 26.4. The molecule has 0 spiro atoms. The standard InChI is InChI=1S/C45H65N3O6/c1-4-7-10-13-16-19-28-52-35-22-25-38(41(49)31-35)44-46-34-48(40-27-24-37(33-43(40)51)54-30-21-18-15-12-9-6-3)45(47-44)39-26-23-36(32-42(39)50)53-29-20-17-14-11-8-5-2/h22-27,31-34,45,49-51H,4-21,28-30H2,1-3H3. The smallest absolute Gasteiger partial charge is 0.162 e. The Labute approximate surface area is 324 Å². The zero-order chi connectivity index (χ0) is 38.4. The van der Waals surface area contributed by atoms with Gasteiger partial charge in [-0.3, -0.25) is 0 Å². The summed E-state index contributed by atoms with van der Waals surface area (Å²) in [5, 5.41) is 33.7. The first-order valence-electron chi connectivity index (χ1n) is 20.7. The molecule has 0 radical (unpaired) electrons. The molecule has 4 rings (SSSR count). The fraction of sp³-hybridized carbons (Fsp3) is 0.556. The first kappa shape index (κ1) is 42.3. The summed E-state index contributed by atoms with van der Waals surface area (Å²) in [6, 6.07) is 15.6. The van der Waals surface area contributed by atoms with Gasteiger partial charge in [-0.1, -0.05) is 117 Å². The van der Waals surface area contributed by atoms with Crippen molar-refractivity contribution in [1.82, 2.24) is 0 Å². The highest BCUT2D eigenvalue weighted by atomic mass is 16.5. The van der Waals surface area contributed by atoms with Crippen LogP contribution >= 0.6 is 0 Å². The third-order valence-electron chi connectivity index (χ3n) is 9.83. The van der Waals surface area contributed by atoms with Crippen LogP contribution in [0.4, 0.5) is 5.69 Å². The molecular weight excluding hydrogens is 679 g/mol. The molecule has 296 valence electrons. The number of amidine groups is 1. The average molecular weight is 744 g/mol. The van der Waals surface area contributed by atoms with E-state index < -0.39 is 6.17 Å². The van der Waals surface area contributed by atoms with Crippen LogP contribution in [-0.2, 0) is 0 Å². The minimum absolute atomic E-state index is 0.00126. The van der Waals surface area contributed by atoms with Gasteiger partial charge in [-0.05, 0) is 55.7 Å². The highest BCUT2D eigenvalue weighted by Crippen LogP contribution is 2.41. The van der Waals surface area contributed by atoms with Crippen molar-refractivity contribution in [2.24, 2.45) is 9.98 Å². The van der Waals surface area contributed by atoms with Crippen molar-refractivity contribution in [3.05, 3.63) is 65.7 Å². The maximum Gasteiger partial charge on any atom is 0.162 e. The van der Waals surface area contributed by atoms with Gasteiger partial charge in [0.15, 0.2) is 12.0 Å². The van der Waals surface area contributed by atoms with Gasteiger partial charge in [0.05, 0.1) is 37.4 Å². The predicted octanol–water partition coefficient (Wildman–Crippen LogP) is 12.0. The topological polar surface area (TPSA) is 116 Å². The molecule has 3 N–H and O–H groups in total. The molecule has 0 fully saturated rings. The van der Waals surface area contributed by atoms with E-state index in [9.17, 15) is 15.3 Å². The van der Waals surface area contributed by atoms with Gasteiger partial charge in [0.2, 0.25) is 0 Å². The lowest BCUT2D eigenvalue weighted by Crippen LogP contribution is -2.31. The predicted molar refractivity (Wildman–Crippen MR) is 221 cm³/mol. The number of unbranched alkanes of at least 4 members (excludes halogenated alkanes) is 15. The molecule has 1 aliphatic heterocycles. The Balaban J connectivity index is 1.50. The number of aromatic hydroxyl groups is 3. The summed E-state index contributed by atoms with van der Waals surface area (Å²) in [4.78, 5) is 11.3. The Morgan fingerprint density at radius 3 is 1.44 bits per heavy atom. The lowest BCUT2D eigenvalue weighted by Gasteiger charge is -2.31. The molecule has 1 aliphatic rings. The molecule has 0 saturated carbocycles. The molecule has 9 nitrogen and oxygen atoms in total. The van der Waals surface area contributed by atoms with Crippen molar-refractivity contribution in [3.8, 4) is 34.5 Å². The van der Waals surface area contributed by atoms with Gasteiger partial charge in [-0.2, -0.15) is 0 Å². The normalized spacial score (nSPS) is 13.9. The quantitative estimate of drug-likeness (QED) is 0.0666. The first-order valence-corrected chi connectivity index (χ1v) is 20.7. The van der Waals surface area contributed by atoms with Gasteiger partial charge in [-0.25, -0.2) is 9.98 Å². The van der Waals surface area contributed by atoms with E-state index >= 15 is 0 Å². The molecule has 0 amide bonds. The Kier molecular flexibility index (Phi) is 18.9. The van der Waals surface area contributed by atoms with Gasteiger partial charge in [-0.15, -0.1) is 0 Å². The summed E-state index contributed by atoms with van der Waals surface area (Å²) in [5.74, 6) is 2.03. The van der Waals surface area contributed by atoms with Crippen molar-refractivity contribution in [2.45, 2.75) is 143 Å². The number of anilines is 1. The Hall–Kier alpha value is -4.40. The van der Waals surface area contributed by atoms with Crippen LogP contribution in [0.15, 0.2) is 64.6 Å². The molecule has 1 heterocycles. The molecule has 54 heavy (non-hydrogen) atoms. The summed E-state index contributed by atoms with van der Waals surface area (Å²) in [5.41, 5.74) is 1.37. The summed E-state index contributed by atoms with van der Waals surface area (Å²) >= 11 is 0. The van der Waals surface area contributed by atoms with Crippen molar-refractivity contribution >= 4 is 17.9 Å². The molecule has 1 atom stereocenters. The zero-order valence-electron chi connectivity index (χ0n) is 33.1. The Bertz CT molecular complexity index is 1590. The van der Waals surface area contributed by atoms with E-state index in [1.54, 1.807) is 47.6 Å². The molecule has 3 aromatic rings. The lowest BCUT2D eigenvalue weighted by molar-refractivity contribution is 0.302. The number of ether oxygens (including phenoxy) is 3. The van der Waals surface area contributed by atoms with Crippen molar-refractivity contribution < 1.29 is 29.5 Å². The molecule has 0 bridgehead atoms. The maximum absolute atomic E-state index is 11.4. The van der Waals surface area contributed by atoms with Crippen molar-refractivity contribution in [3.63, 3.8) is 0 Å².